The van der Waals surface area contributed by atoms with Crippen LogP contribution in [0.3, 0.4) is 0 Å². The number of nitrogens with one attached hydrogen (secondary N) is 1. The molecule has 2 aromatic heterocycles. The zero-order valence-corrected chi connectivity index (χ0v) is 10.4. The highest BCUT2D eigenvalue weighted by molar-refractivity contribution is 5.83. The lowest BCUT2D eigenvalue weighted by molar-refractivity contribution is 0.630. The van der Waals surface area contributed by atoms with E-state index < -0.39 is 0 Å². The van der Waals surface area contributed by atoms with Crippen LogP contribution < -0.4 is 5.73 Å². The molecule has 0 aliphatic carbocycles. The van der Waals surface area contributed by atoms with Crippen LogP contribution in [0.25, 0.3) is 22.4 Å². The van der Waals surface area contributed by atoms with Gasteiger partial charge in [-0.3, -0.25) is 0 Å². The number of nitrogens with two attached hydrogens (primary N) is 1. The summed E-state index contributed by atoms with van der Waals surface area (Å²) in [6, 6.07) is 6.48. The summed E-state index contributed by atoms with van der Waals surface area (Å²) >= 11 is 0. The lowest BCUT2D eigenvalue weighted by atomic mass is 10.1. The number of aromatic amines is 1. The summed E-state index contributed by atoms with van der Waals surface area (Å²) in [5.74, 6) is 0.0559. The van der Waals surface area contributed by atoms with Gasteiger partial charge in [0.05, 0.1) is 11.3 Å². The van der Waals surface area contributed by atoms with Gasteiger partial charge >= 0.3 is 0 Å². The molecule has 0 radical (unpaired) electrons. The fourth-order valence-corrected chi connectivity index (χ4v) is 2.21. The Balaban J connectivity index is 2.25. The number of aryl methyl sites for hydroxylation is 1. The van der Waals surface area contributed by atoms with Gasteiger partial charge in [0.2, 0.25) is 0 Å². The average Bonchev–Trinajstić information content (AvgIpc) is 2.82. The molecule has 96 valence electrons. The summed E-state index contributed by atoms with van der Waals surface area (Å²) in [5.41, 5.74) is 8.51. The van der Waals surface area contributed by atoms with Crippen molar-refractivity contribution in [1.82, 2.24) is 15.0 Å². The molecule has 3 N–H and O–H groups in total. The first-order valence-corrected chi connectivity index (χ1v) is 6.00. The molecule has 3 rings (SSSR count). The van der Waals surface area contributed by atoms with E-state index in [1.54, 1.807) is 18.2 Å². The molecule has 0 unspecified atom stereocenters. The third kappa shape index (κ3) is 1.88. The lowest BCUT2D eigenvalue weighted by Crippen LogP contribution is -1.99. The molecule has 19 heavy (non-hydrogen) atoms. The molecule has 4 nitrogen and oxygen atoms in total. The van der Waals surface area contributed by atoms with E-state index in [2.05, 4.69) is 15.0 Å². The molecule has 5 heteroatoms. The predicted molar refractivity (Wildman–Crippen MR) is 71.9 cm³/mol. The van der Waals surface area contributed by atoms with Gasteiger partial charge in [0.15, 0.2) is 5.82 Å². The number of hydrogen-bond donors (Lipinski definition) is 2. The Kier molecular flexibility index (Phi) is 2.76. The number of hydrogen-bond acceptors (Lipinski definition) is 3. The first kappa shape index (κ1) is 11.8. The molecule has 0 aliphatic heterocycles. The van der Waals surface area contributed by atoms with Crippen molar-refractivity contribution < 1.29 is 4.39 Å². The lowest BCUT2D eigenvalue weighted by Gasteiger charge is -2.05. The second kappa shape index (κ2) is 4.44. The van der Waals surface area contributed by atoms with Crippen molar-refractivity contribution in [3.8, 4) is 11.4 Å². The SMILES string of the molecule is Cc1nc(-c2ccccc2F)nc2[nH]cc(CN)c12. The van der Waals surface area contributed by atoms with E-state index in [9.17, 15) is 4.39 Å². The van der Waals surface area contributed by atoms with Gasteiger partial charge in [0.1, 0.15) is 11.5 Å². The van der Waals surface area contributed by atoms with Crippen LogP contribution in [0.15, 0.2) is 30.5 Å². The average molecular weight is 256 g/mol. The van der Waals surface area contributed by atoms with E-state index in [-0.39, 0.29) is 5.82 Å². The van der Waals surface area contributed by atoms with Gasteiger partial charge in [-0.2, -0.15) is 0 Å². The maximum absolute atomic E-state index is 13.8. The molecule has 0 saturated heterocycles. The van der Waals surface area contributed by atoms with Crippen molar-refractivity contribution in [2.75, 3.05) is 0 Å². The van der Waals surface area contributed by atoms with E-state index in [1.807, 2.05) is 13.1 Å². The Labute approximate surface area is 109 Å². The smallest absolute Gasteiger partial charge is 0.164 e. The Hall–Kier alpha value is -2.27. The molecule has 3 aromatic rings. The summed E-state index contributed by atoms with van der Waals surface area (Å²) in [6.07, 6.45) is 1.82. The Bertz CT molecular complexity index is 748. The third-order valence-electron chi connectivity index (χ3n) is 3.13. The summed E-state index contributed by atoms with van der Waals surface area (Å²) in [6.45, 7) is 2.30. The molecule has 0 aliphatic rings. The van der Waals surface area contributed by atoms with Gasteiger partial charge in [-0.25, -0.2) is 14.4 Å². The summed E-state index contributed by atoms with van der Waals surface area (Å²) in [5, 5.41) is 0.919. The molecule has 2 heterocycles. The van der Waals surface area contributed by atoms with Gasteiger partial charge in [0.25, 0.3) is 0 Å². The molecule has 0 amide bonds. The van der Waals surface area contributed by atoms with E-state index in [4.69, 9.17) is 5.73 Å². The standard InChI is InChI=1S/C14H13FN4/c1-8-12-9(6-16)7-17-14(12)19-13(18-8)10-4-2-3-5-11(10)15/h2-5,7H,6,16H2,1H3,(H,17,18,19). The van der Waals surface area contributed by atoms with Gasteiger partial charge in [-0.1, -0.05) is 12.1 Å². The number of nitrogens with zero attached hydrogens (tertiary/aromatic N) is 2. The summed E-state index contributed by atoms with van der Waals surface area (Å²) < 4.78 is 13.8. The first-order valence-electron chi connectivity index (χ1n) is 6.00. The molecule has 0 saturated carbocycles. The van der Waals surface area contributed by atoms with Crippen LogP contribution in [0.4, 0.5) is 4.39 Å². The van der Waals surface area contributed by atoms with Gasteiger partial charge < -0.3 is 10.7 Å². The van der Waals surface area contributed by atoms with E-state index in [0.717, 1.165) is 16.6 Å². The molecule has 1 aromatic carbocycles. The highest BCUT2D eigenvalue weighted by Crippen LogP contribution is 2.24. The molecule has 0 atom stereocenters. The minimum absolute atomic E-state index is 0.327. The van der Waals surface area contributed by atoms with Crippen molar-refractivity contribution >= 4 is 11.0 Å². The van der Waals surface area contributed by atoms with E-state index in [0.29, 0.717) is 23.6 Å². The van der Waals surface area contributed by atoms with Crippen molar-refractivity contribution in [2.24, 2.45) is 5.73 Å². The number of rotatable bonds is 2. The number of H-pyrrole nitrogens is 1. The van der Waals surface area contributed by atoms with Gasteiger partial charge in [0, 0.05) is 18.1 Å². The third-order valence-corrected chi connectivity index (χ3v) is 3.13. The summed E-state index contributed by atoms with van der Waals surface area (Å²) in [7, 11) is 0. The molecular weight excluding hydrogens is 243 g/mol. The normalized spacial score (nSPS) is 11.1. The van der Waals surface area contributed by atoms with Crippen molar-refractivity contribution in [3.05, 3.63) is 47.5 Å². The highest BCUT2D eigenvalue weighted by Gasteiger charge is 2.13. The fourth-order valence-electron chi connectivity index (χ4n) is 2.21. The maximum atomic E-state index is 13.8. The van der Waals surface area contributed by atoms with Crippen LogP contribution in [0.1, 0.15) is 11.3 Å². The topological polar surface area (TPSA) is 67.6 Å². The highest BCUT2D eigenvalue weighted by atomic mass is 19.1. The van der Waals surface area contributed by atoms with Gasteiger partial charge in [-0.15, -0.1) is 0 Å². The first-order chi connectivity index (χ1) is 9.20. The second-order valence-corrected chi connectivity index (χ2v) is 4.35. The Morgan fingerprint density at radius 2 is 2.05 bits per heavy atom. The molecular formula is C14H13FN4. The predicted octanol–water partition coefficient (Wildman–Crippen LogP) is 2.53. The quantitative estimate of drug-likeness (QED) is 0.740. The largest absolute Gasteiger partial charge is 0.346 e. The van der Waals surface area contributed by atoms with Crippen LogP contribution in [-0.4, -0.2) is 15.0 Å². The van der Waals surface area contributed by atoms with Gasteiger partial charge in [-0.05, 0) is 24.6 Å². The van der Waals surface area contributed by atoms with Crippen LogP contribution in [0, 0.1) is 12.7 Å². The fraction of sp³-hybridized carbons (Fsp3) is 0.143. The molecule has 0 bridgehead atoms. The number of fused-ring (bicyclic) bond motifs is 1. The zero-order chi connectivity index (χ0) is 13.4. The van der Waals surface area contributed by atoms with Crippen LogP contribution in [-0.2, 0) is 6.54 Å². The van der Waals surface area contributed by atoms with Crippen molar-refractivity contribution in [1.29, 1.82) is 0 Å². The molecule has 0 fully saturated rings. The Morgan fingerprint density at radius 1 is 1.26 bits per heavy atom. The van der Waals surface area contributed by atoms with Crippen molar-refractivity contribution in [3.63, 3.8) is 0 Å². The number of aromatic nitrogens is 3. The minimum Gasteiger partial charge on any atom is -0.346 e. The van der Waals surface area contributed by atoms with Crippen molar-refractivity contribution in [2.45, 2.75) is 13.5 Å². The van der Waals surface area contributed by atoms with E-state index >= 15 is 0 Å². The van der Waals surface area contributed by atoms with Crippen LogP contribution in [0.5, 0.6) is 0 Å². The second-order valence-electron chi connectivity index (χ2n) is 4.35. The van der Waals surface area contributed by atoms with Crippen LogP contribution in [0.2, 0.25) is 0 Å². The monoisotopic (exact) mass is 256 g/mol. The van der Waals surface area contributed by atoms with E-state index in [1.165, 1.54) is 6.07 Å². The van der Waals surface area contributed by atoms with Crippen LogP contribution >= 0.6 is 0 Å². The summed E-state index contributed by atoms with van der Waals surface area (Å²) in [4.78, 5) is 11.8. The number of benzene rings is 1. The zero-order valence-electron chi connectivity index (χ0n) is 10.4. The Morgan fingerprint density at radius 3 is 2.79 bits per heavy atom. The molecule has 0 spiro atoms. The maximum Gasteiger partial charge on any atom is 0.164 e. The number of halogens is 1. The minimum atomic E-state index is -0.327.